The van der Waals surface area contributed by atoms with E-state index >= 15 is 0 Å². The molecule has 1 saturated heterocycles. The van der Waals surface area contributed by atoms with Crippen LogP contribution < -0.4 is 15.4 Å². The SMILES string of the molecule is COC[C@H]1CCCN1C(=O)c1cccc(C(=O)N[C@@H](Cc2ccccc2)[C@H](O)CNC2(c3cccc(OC)c3)CCCCC2)c1. The van der Waals surface area contributed by atoms with Crippen LogP contribution in [0.5, 0.6) is 5.75 Å². The molecule has 8 heteroatoms. The van der Waals surface area contributed by atoms with Crippen molar-refractivity contribution in [1.29, 1.82) is 0 Å². The summed E-state index contributed by atoms with van der Waals surface area (Å²) >= 11 is 0. The molecule has 45 heavy (non-hydrogen) atoms. The summed E-state index contributed by atoms with van der Waals surface area (Å²) in [5.74, 6) is 0.401. The van der Waals surface area contributed by atoms with Gasteiger partial charge in [0.25, 0.3) is 11.8 Å². The summed E-state index contributed by atoms with van der Waals surface area (Å²) in [6.45, 7) is 1.49. The fraction of sp³-hybridized carbons (Fsp3) is 0.459. The summed E-state index contributed by atoms with van der Waals surface area (Å²) in [4.78, 5) is 28.9. The fourth-order valence-electron chi connectivity index (χ4n) is 6.92. The molecular weight excluding hydrogens is 566 g/mol. The zero-order valence-electron chi connectivity index (χ0n) is 26.5. The van der Waals surface area contributed by atoms with E-state index in [0.29, 0.717) is 37.2 Å². The molecule has 2 fully saturated rings. The summed E-state index contributed by atoms with van der Waals surface area (Å²) in [7, 11) is 3.33. The van der Waals surface area contributed by atoms with Crippen LogP contribution in [0.25, 0.3) is 0 Å². The van der Waals surface area contributed by atoms with E-state index in [1.165, 1.54) is 6.42 Å². The molecule has 2 aliphatic rings. The van der Waals surface area contributed by atoms with E-state index in [9.17, 15) is 14.7 Å². The first-order valence-corrected chi connectivity index (χ1v) is 16.2. The number of benzene rings is 3. The summed E-state index contributed by atoms with van der Waals surface area (Å²) in [5.41, 5.74) is 2.76. The van der Waals surface area contributed by atoms with Crippen molar-refractivity contribution in [2.75, 3.05) is 33.9 Å². The average Bonchev–Trinajstić information content (AvgIpc) is 3.56. The second-order valence-corrected chi connectivity index (χ2v) is 12.4. The van der Waals surface area contributed by atoms with Gasteiger partial charge in [-0.05, 0) is 73.6 Å². The Morgan fingerprint density at radius 2 is 1.69 bits per heavy atom. The summed E-state index contributed by atoms with van der Waals surface area (Å²) in [5, 5.41) is 18.5. The van der Waals surface area contributed by atoms with Crippen LogP contribution in [-0.2, 0) is 16.7 Å². The fourth-order valence-corrected chi connectivity index (χ4v) is 6.92. The lowest BCUT2D eigenvalue weighted by Gasteiger charge is -2.40. The number of aliphatic hydroxyl groups is 1. The van der Waals surface area contributed by atoms with Crippen LogP contribution in [0.3, 0.4) is 0 Å². The molecule has 240 valence electrons. The van der Waals surface area contributed by atoms with Crippen molar-refractivity contribution in [3.05, 3.63) is 101 Å². The molecule has 8 nitrogen and oxygen atoms in total. The topological polar surface area (TPSA) is 100 Å². The number of amides is 2. The van der Waals surface area contributed by atoms with Gasteiger partial charge >= 0.3 is 0 Å². The Bertz CT molecular complexity index is 1410. The molecule has 0 radical (unpaired) electrons. The van der Waals surface area contributed by atoms with Gasteiger partial charge in [-0.2, -0.15) is 0 Å². The average molecular weight is 614 g/mol. The lowest BCUT2D eigenvalue weighted by atomic mass is 9.76. The van der Waals surface area contributed by atoms with Crippen molar-refractivity contribution in [2.24, 2.45) is 0 Å². The predicted octanol–water partition coefficient (Wildman–Crippen LogP) is 5.10. The number of ether oxygens (including phenoxy) is 2. The van der Waals surface area contributed by atoms with Gasteiger partial charge in [0.05, 0.1) is 31.9 Å². The van der Waals surface area contributed by atoms with E-state index in [1.807, 2.05) is 47.4 Å². The highest BCUT2D eigenvalue weighted by atomic mass is 16.5. The monoisotopic (exact) mass is 613 g/mol. The van der Waals surface area contributed by atoms with E-state index < -0.39 is 12.1 Å². The smallest absolute Gasteiger partial charge is 0.254 e. The third kappa shape index (κ3) is 8.12. The van der Waals surface area contributed by atoms with Crippen LogP contribution in [0.2, 0.25) is 0 Å². The predicted molar refractivity (Wildman–Crippen MR) is 176 cm³/mol. The van der Waals surface area contributed by atoms with Gasteiger partial charge in [0.15, 0.2) is 0 Å². The Labute approximate surface area is 267 Å². The quantitative estimate of drug-likeness (QED) is 0.248. The summed E-state index contributed by atoms with van der Waals surface area (Å²) < 4.78 is 10.8. The number of likely N-dealkylation sites (tertiary alicyclic amines) is 1. The minimum absolute atomic E-state index is 0.0438. The van der Waals surface area contributed by atoms with Crippen LogP contribution in [0.4, 0.5) is 0 Å². The number of hydrogen-bond donors (Lipinski definition) is 3. The Balaban J connectivity index is 1.33. The number of carbonyl (C=O) groups is 2. The maximum atomic E-state index is 13.7. The molecule has 3 aromatic rings. The summed E-state index contributed by atoms with van der Waals surface area (Å²) in [6, 6.07) is 24.4. The standard InChI is InChI=1S/C37H47N3O5/c1-44-26-31-17-11-21-40(31)36(43)29-15-9-14-28(23-29)35(42)39-33(22-27-12-5-3-6-13-27)34(41)25-38-37(19-7-4-8-20-37)30-16-10-18-32(24-30)45-2/h3,5-6,9-10,12-16,18,23-24,31,33-34,38,41H,4,7-8,11,17,19-22,25-26H2,1-2H3,(H,39,42)/t31-,33+,34-/m1/s1. The maximum absolute atomic E-state index is 13.7. The maximum Gasteiger partial charge on any atom is 0.254 e. The van der Waals surface area contributed by atoms with Gasteiger partial charge in [0, 0.05) is 36.9 Å². The second kappa shape index (κ2) is 15.5. The van der Waals surface area contributed by atoms with Crippen molar-refractivity contribution in [3.63, 3.8) is 0 Å². The van der Waals surface area contributed by atoms with Crippen molar-refractivity contribution < 1.29 is 24.2 Å². The van der Waals surface area contributed by atoms with E-state index in [0.717, 1.165) is 55.4 Å². The molecule has 3 aromatic carbocycles. The van der Waals surface area contributed by atoms with E-state index in [4.69, 9.17) is 9.47 Å². The highest BCUT2D eigenvalue weighted by Gasteiger charge is 2.35. The molecule has 0 spiro atoms. The Morgan fingerprint density at radius 1 is 0.933 bits per heavy atom. The van der Waals surface area contributed by atoms with E-state index in [1.54, 1.807) is 38.5 Å². The lowest BCUT2D eigenvalue weighted by Crippen LogP contribution is -2.53. The number of carbonyl (C=O) groups excluding carboxylic acids is 2. The Kier molecular flexibility index (Phi) is 11.3. The van der Waals surface area contributed by atoms with Crippen molar-refractivity contribution in [1.82, 2.24) is 15.5 Å². The molecule has 1 aliphatic heterocycles. The molecule has 1 saturated carbocycles. The van der Waals surface area contributed by atoms with Gasteiger partial charge in [-0.15, -0.1) is 0 Å². The van der Waals surface area contributed by atoms with Gasteiger partial charge < -0.3 is 30.1 Å². The number of methoxy groups -OCH3 is 2. The lowest BCUT2D eigenvalue weighted by molar-refractivity contribution is 0.0630. The van der Waals surface area contributed by atoms with Crippen LogP contribution in [0.1, 0.15) is 76.8 Å². The second-order valence-electron chi connectivity index (χ2n) is 12.4. The van der Waals surface area contributed by atoms with Crippen LogP contribution in [0, 0.1) is 0 Å². The van der Waals surface area contributed by atoms with Crippen molar-refractivity contribution in [3.8, 4) is 5.75 Å². The molecule has 0 aromatic heterocycles. The van der Waals surface area contributed by atoms with Crippen molar-refractivity contribution >= 4 is 11.8 Å². The molecule has 2 amide bonds. The largest absolute Gasteiger partial charge is 0.497 e. The van der Waals surface area contributed by atoms with E-state index in [-0.39, 0.29) is 23.4 Å². The third-order valence-electron chi connectivity index (χ3n) is 9.43. The molecule has 5 rings (SSSR count). The van der Waals surface area contributed by atoms with Gasteiger partial charge in [-0.1, -0.05) is 67.8 Å². The summed E-state index contributed by atoms with van der Waals surface area (Å²) in [6.07, 6.45) is 6.77. The number of aliphatic hydroxyl groups excluding tert-OH is 1. The normalized spacial score (nSPS) is 19.1. The van der Waals surface area contributed by atoms with Gasteiger partial charge in [-0.3, -0.25) is 9.59 Å². The first-order valence-electron chi connectivity index (χ1n) is 16.2. The zero-order chi connectivity index (χ0) is 31.6. The van der Waals surface area contributed by atoms with E-state index in [2.05, 4.69) is 22.8 Å². The Hall–Kier alpha value is -3.72. The number of hydrogen-bond acceptors (Lipinski definition) is 6. The molecule has 0 bridgehead atoms. The molecule has 3 N–H and O–H groups in total. The zero-order valence-corrected chi connectivity index (χ0v) is 26.5. The van der Waals surface area contributed by atoms with Gasteiger partial charge in [-0.25, -0.2) is 0 Å². The molecule has 1 heterocycles. The van der Waals surface area contributed by atoms with Crippen LogP contribution in [-0.4, -0.2) is 73.9 Å². The highest BCUT2D eigenvalue weighted by Crippen LogP contribution is 2.38. The molecular formula is C37H47N3O5. The highest BCUT2D eigenvalue weighted by molar-refractivity contribution is 6.00. The number of rotatable bonds is 13. The van der Waals surface area contributed by atoms with Crippen LogP contribution in [0.15, 0.2) is 78.9 Å². The molecule has 3 atom stereocenters. The van der Waals surface area contributed by atoms with Gasteiger partial charge in [0.2, 0.25) is 0 Å². The number of nitrogens with zero attached hydrogens (tertiary/aromatic N) is 1. The molecule has 1 aliphatic carbocycles. The minimum atomic E-state index is -0.859. The van der Waals surface area contributed by atoms with Crippen molar-refractivity contribution in [2.45, 2.75) is 75.1 Å². The first-order chi connectivity index (χ1) is 21.9. The van der Waals surface area contributed by atoms with Crippen LogP contribution >= 0.6 is 0 Å². The molecule has 0 unspecified atom stereocenters. The Morgan fingerprint density at radius 3 is 2.44 bits per heavy atom. The third-order valence-corrected chi connectivity index (χ3v) is 9.43. The van der Waals surface area contributed by atoms with Gasteiger partial charge in [0.1, 0.15) is 5.75 Å². The number of nitrogens with one attached hydrogen (secondary N) is 2. The minimum Gasteiger partial charge on any atom is -0.497 e. The first kappa shape index (κ1) is 32.7.